The Bertz CT molecular complexity index is 611. The van der Waals surface area contributed by atoms with Crippen molar-refractivity contribution in [2.45, 2.75) is 16.8 Å². The molecule has 1 heterocycles. The predicted molar refractivity (Wildman–Crippen MR) is 77.4 cm³/mol. The number of aromatic nitrogens is 1. The van der Waals surface area contributed by atoms with E-state index in [4.69, 9.17) is 4.74 Å². The van der Waals surface area contributed by atoms with Gasteiger partial charge in [0.1, 0.15) is 10.6 Å². The van der Waals surface area contributed by atoms with Crippen LogP contribution in [0.4, 0.5) is 0 Å². The second-order valence-corrected chi connectivity index (χ2v) is 5.21. The zero-order valence-corrected chi connectivity index (χ0v) is 12.4. The number of methoxy groups -OCH3 is 2. The van der Waals surface area contributed by atoms with Crippen LogP contribution in [0.3, 0.4) is 0 Å². The van der Waals surface area contributed by atoms with Crippen LogP contribution in [0.1, 0.15) is 15.9 Å². The van der Waals surface area contributed by atoms with Gasteiger partial charge in [-0.25, -0.2) is 9.78 Å². The van der Waals surface area contributed by atoms with Crippen LogP contribution in [0.2, 0.25) is 0 Å². The van der Waals surface area contributed by atoms with Crippen molar-refractivity contribution in [2.24, 2.45) is 0 Å². The number of carbonyl (C=O) groups excluding carboxylic acids is 1. The number of nitrogens with zero attached hydrogens (tertiary/aromatic N) is 1. The van der Waals surface area contributed by atoms with Gasteiger partial charge in [-0.3, -0.25) is 0 Å². The molecule has 0 unspecified atom stereocenters. The van der Waals surface area contributed by atoms with E-state index in [1.165, 1.54) is 31.5 Å². The molecule has 0 saturated heterocycles. The number of ether oxygens (including phenoxy) is 2. The first-order valence-electron chi connectivity index (χ1n) is 6.02. The molecule has 104 valence electrons. The molecular formula is C15H15NO3S. The number of esters is 1. The van der Waals surface area contributed by atoms with Crippen molar-refractivity contribution in [3.05, 3.63) is 47.5 Å². The molecule has 20 heavy (non-hydrogen) atoms. The maximum atomic E-state index is 11.6. The fourth-order valence-corrected chi connectivity index (χ4v) is 2.41. The van der Waals surface area contributed by atoms with Gasteiger partial charge >= 0.3 is 5.97 Å². The van der Waals surface area contributed by atoms with Gasteiger partial charge in [-0.1, -0.05) is 29.5 Å². The van der Waals surface area contributed by atoms with Gasteiger partial charge in [-0.15, -0.1) is 0 Å². The number of rotatable bonds is 4. The van der Waals surface area contributed by atoms with Gasteiger partial charge in [0.05, 0.1) is 14.2 Å². The molecule has 0 atom stereocenters. The zero-order valence-electron chi connectivity index (χ0n) is 11.5. The van der Waals surface area contributed by atoms with Crippen LogP contribution in [-0.2, 0) is 4.74 Å². The Balaban J connectivity index is 2.25. The van der Waals surface area contributed by atoms with E-state index < -0.39 is 5.97 Å². The molecule has 0 amide bonds. The number of benzene rings is 1. The lowest BCUT2D eigenvalue weighted by Crippen LogP contribution is -2.05. The smallest absolute Gasteiger partial charge is 0.343 e. The van der Waals surface area contributed by atoms with Crippen LogP contribution < -0.4 is 4.74 Å². The molecule has 0 aliphatic heterocycles. The van der Waals surface area contributed by atoms with E-state index >= 15 is 0 Å². The maximum Gasteiger partial charge on any atom is 0.343 e. The minimum Gasteiger partial charge on any atom is -0.480 e. The van der Waals surface area contributed by atoms with Crippen molar-refractivity contribution in [2.75, 3.05) is 14.2 Å². The molecule has 4 nitrogen and oxygen atoms in total. The van der Waals surface area contributed by atoms with Crippen LogP contribution in [0, 0.1) is 6.92 Å². The molecule has 1 aromatic heterocycles. The highest BCUT2D eigenvalue weighted by Gasteiger charge is 2.15. The van der Waals surface area contributed by atoms with Crippen LogP contribution in [0.5, 0.6) is 5.88 Å². The van der Waals surface area contributed by atoms with E-state index in [1.54, 1.807) is 12.1 Å². The van der Waals surface area contributed by atoms with E-state index in [-0.39, 0.29) is 5.88 Å². The number of hydrogen-bond acceptors (Lipinski definition) is 5. The molecule has 0 bridgehead atoms. The second-order valence-electron chi connectivity index (χ2n) is 4.11. The third-order valence-corrected chi connectivity index (χ3v) is 3.62. The lowest BCUT2D eigenvalue weighted by molar-refractivity contribution is 0.0596. The SMILES string of the molecule is COC(=O)c1ccc(Sc2ccc(C)cc2)nc1OC. The average Bonchev–Trinajstić information content (AvgIpc) is 2.48. The average molecular weight is 289 g/mol. The van der Waals surface area contributed by atoms with Crippen molar-refractivity contribution >= 4 is 17.7 Å². The van der Waals surface area contributed by atoms with Gasteiger partial charge in [0, 0.05) is 4.90 Å². The van der Waals surface area contributed by atoms with Crippen LogP contribution in [0.15, 0.2) is 46.3 Å². The number of carbonyl (C=O) groups is 1. The zero-order chi connectivity index (χ0) is 14.5. The molecule has 0 radical (unpaired) electrons. The fraction of sp³-hybridized carbons (Fsp3) is 0.200. The Hall–Kier alpha value is -2.01. The summed E-state index contributed by atoms with van der Waals surface area (Å²) in [6.45, 7) is 2.04. The van der Waals surface area contributed by atoms with Crippen molar-refractivity contribution in [3.63, 3.8) is 0 Å². The minimum atomic E-state index is -0.457. The summed E-state index contributed by atoms with van der Waals surface area (Å²) in [5, 5.41) is 0.762. The Morgan fingerprint density at radius 3 is 2.40 bits per heavy atom. The first-order valence-corrected chi connectivity index (χ1v) is 6.83. The summed E-state index contributed by atoms with van der Waals surface area (Å²) in [5.41, 5.74) is 1.53. The van der Waals surface area contributed by atoms with E-state index in [1.807, 2.05) is 31.2 Å². The van der Waals surface area contributed by atoms with E-state index in [0.29, 0.717) is 5.56 Å². The largest absolute Gasteiger partial charge is 0.480 e. The van der Waals surface area contributed by atoms with Crippen LogP contribution >= 0.6 is 11.8 Å². The van der Waals surface area contributed by atoms with Crippen molar-refractivity contribution in [3.8, 4) is 5.88 Å². The summed E-state index contributed by atoms with van der Waals surface area (Å²) in [6.07, 6.45) is 0. The van der Waals surface area contributed by atoms with E-state index in [0.717, 1.165) is 9.92 Å². The number of hydrogen-bond donors (Lipinski definition) is 0. The molecule has 0 fully saturated rings. The van der Waals surface area contributed by atoms with E-state index in [9.17, 15) is 4.79 Å². The van der Waals surface area contributed by atoms with E-state index in [2.05, 4.69) is 9.72 Å². The molecule has 2 aromatic rings. The monoisotopic (exact) mass is 289 g/mol. The highest BCUT2D eigenvalue weighted by molar-refractivity contribution is 7.99. The van der Waals surface area contributed by atoms with Gasteiger partial charge in [0.25, 0.3) is 0 Å². The standard InChI is InChI=1S/C15H15NO3S/c1-10-4-6-11(7-5-10)20-13-9-8-12(15(17)19-3)14(16-13)18-2/h4-9H,1-3H3. The van der Waals surface area contributed by atoms with Gasteiger partial charge in [-0.05, 0) is 31.2 Å². The Morgan fingerprint density at radius 2 is 1.80 bits per heavy atom. The highest BCUT2D eigenvalue weighted by Crippen LogP contribution is 2.29. The van der Waals surface area contributed by atoms with Crippen molar-refractivity contribution in [1.29, 1.82) is 0 Å². The van der Waals surface area contributed by atoms with Crippen LogP contribution in [-0.4, -0.2) is 25.2 Å². The molecule has 1 aromatic carbocycles. The molecule has 5 heteroatoms. The van der Waals surface area contributed by atoms with Gasteiger partial charge in [0.2, 0.25) is 5.88 Å². The summed E-state index contributed by atoms with van der Waals surface area (Å²) in [7, 11) is 2.81. The van der Waals surface area contributed by atoms with Gasteiger partial charge < -0.3 is 9.47 Å². The molecule has 0 aliphatic carbocycles. The summed E-state index contributed by atoms with van der Waals surface area (Å²) in [5.74, 6) is -0.185. The Morgan fingerprint density at radius 1 is 1.10 bits per heavy atom. The van der Waals surface area contributed by atoms with Gasteiger partial charge in [-0.2, -0.15) is 0 Å². The second kappa shape index (κ2) is 6.43. The molecule has 0 saturated carbocycles. The lowest BCUT2D eigenvalue weighted by atomic mass is 10.2. The third kappa shape index (κ3) is 3.30. The maximum absolute atomic E-state index is 11.6. The summed E-state index contributed by atoms with van der Waals surface area (Å²) >= 11 is 1.51. The number of pyridine rings is 1. The van der Waals surface area contributed by atoms with Crippen molar-refractivity contribution < 1.29 is 14.3 Å². The Labute approximate surface area is 122 Å². The van der Waals surface area contributed by atoms with Gasteiger partial charge in [0.15, 0.2) is 0 Å². The summed E-state index contributed by atoms with van der Waals surface area (Å²) in [6, 6.07) is 11.6. The quantitative estimate of drug-likeness (QED) is 0.808. The Kier molecular flexibility index (Phi) is 4.63. The molecule has 0 N–H and O–H groups in total. The normalized spacial score (nSPS) is 10.2. The number of aryl methyl sites for hydroxylation is 1. The summed E-state index contributed by atoms with van der Waals surface area (Å²) < 4.78 is 9.82. The highest BCUT2D eigenvalue weighted by atomic mass is 32.2. The van der Waals surface area contributed by atoms with Crippen molar-refractivity contribution in [1.82, 2.24) is 4.98 Å². The predicted octanol–water partition coefficient (Wildman–Crippen LogP) is 3.34. The molecule has 2 rings (SSSR count). The van der Waals surface area contributed by atoms with Crippen LogP contribution in [0.25, 0.3) is 0 Å². The minimum absolute atomic E-state index is 0.272. The summed E-state index contributed by atoms with van der Waals surface area (Å²) in [4.78, 5) is 16.9. The third-order valence-electron chi connectivity index (χ3n) is 2.68. The lowest BCUT2D eigenvalue weighted by Gasteiger charge is -2.08. The topological polar surface area (TPSA) is 48.4 Å². The first-order chi connectivity index (χ1) is 9.63. The molecule has 0 spiro atoms. The fourth-order valence-electron chi connectivity index (χ4n) is 1.63. The molecular weight excluding hydrogens is 274 g/mol. The first kappa shape index (κ1) is 14.4. The molecule has 0 aliphatic rings.